The Morgan fingerprint density at radius 3 is 2.59 bits per heavy atom. The Kier molecular flexibility index (Phi) is 7.33. The average molecular weight is 399 g/mol. The molecule has 0 saturated heterocycles. The van der Waals surface area contributed by atoms with Crippen molar-refractivity contribution in [2.24, 2.45) is 0 Å². The molecule has 3 rings (SSSR count). The van der Waals surface area contributed by atoms with Gasteiger partial charge in [0, 0.05) is 17.7 Å². The molecule has 29 heavy (non-hydrogen) atoms. The zero-order chi connectivity index (χ0) is 20.6. The van der Waals surface area contributed by atoms with Crippen LogP contribution in [-0.2, 0) is 25.7 Å². The number of fused-ring (bicyclic) bond motifs is 1. The number of unbranched alkanes of at least 4 members (excludes halogenated alkanes) is 2. The Morgan fingerprint density at radius 2 is 1.79 bits per heavy atom. The first-order valence-electron chi connectivity index (χ1n) is 10.5. The van der Waals surface area contributed by atoms with Crippen LogP contribution in [0.1, 0.15) is 67.4 Å². The lowest BCUT2D eigenvalue weighted by molar-refractivity contribution is 0.209. The van der Waals surface area contributed by atoms with E-state index >= 15 is 0 Å². The van der Waals surface area contributed by atoms with Crippen LogP contribution >= 0.6 is 0 Å². The molecule has 0 bridgehead atoms. The van der Waals surface area contributed by atoms with Crippen molar-refractivity contribution in [1.29, 1.82) is 0 Å². The average Bonchev–Trinajstić information content (AvgIpc) is 2.65. The maximum atomic E-state index is 12.3. The molecular weight excluding hydrogens is 370 g/mol. The van der Waals surface area contributed by atoms with Crippen LogP contribution in [0.2, 0.25) is 0 Å². The Morgan fingerprint density at radius 1 is 1.03 bits per heavy atom. The second-order valence-corrected chi connectivity index (χ2v) is 7.72. The number of carboxylic acid groups (broad SMARTS) is 1. The number of hydrogen-bond acceptors (Lipinski definition) is 4. The second kappa shape index (κ2) is 10.1. The summed E-state index contributed by atoms with van der Waals surface area (Å²) < 4.78 is 5.55. The molecule has 0 aliphatic heterocycles. The summed E-state index contributed by atoms with van der Waals surface area (Å²) in [6.07, 6.45) is 8.72. The van der Waals surface area contributed by atoms with Gasteiger partial charge in [0.2, 0.25) is 0 Å². The van der Waals surface area contributed by atoms with Crippen LogP contribution in [0, 0.1) is 0 Å². The fourth-order valence-corrected chi connectivity index (χ4v) is 4.00. The summed E-state index contributed by atoms with van der Waals surface area (Å²) in [6, 6.07) is 7.37. The predicted octanol–water partition coefficient (Wildman–Crippen LogP) is 5.05. The standard InChI is InChI=1S/C23H29NO5/c25-21-18-12-5-1-2-7-14-20(18)29-22(26)19(21)13-6-3-4-9-16-10-8-11-17(15-16)24-23(27)28/h8,10-11,15,24-25H,1-7,9,12-14H2,(H,27,28). The summed E-state index contributed by atoms with van der Waals surface area (Å²) >= 11 is 0. The molecule has 0 unspecified atom stereocenters. The molecule has 1 aliphatic rings. The number of hydrogen-bond donors (Lipinski definition) is 3. The minimum absolute atomic E-state index is 0.158. The molecule has 156 valence electrons. The van der Waals surface area contributed by atoms with E-state index in [4.69, 9.17) is 9.52 Å². The number of rotatable bonds is 7. The third-order valence-corrected chi connectivity index (χ3v) is 5.52. The molecule has 1 aliphatic carbocycles. The van der Waals surface area contributed by atoms with Crippen LogP contribution in [-0.4, -0.2) is 16.3 Å². The quantitative estimate of drug-likeness (QED) is 0.566. The summed E-state index contributed by atoms with van der Waals surface area (Å²) in [7, 11) is 0. The number of carbonyl (C=O) groups is 1. The van der Waals surface area contributed by atoms with Crippen molar-refractivity contribution in [3.63, 3.8) is 0 Å². The van der Waals surface area contributed by atoms with Crippen LogP contribution in [0.3, 0.4) is 0 Å². The van der Waals surface area contributed by atoms with Gasteiger partial charge in [0.05, 0.1) is 5.56 Å². The van der Waals surface area contributed by atoms with Gasteiger partial charge in [-0.2, -0.15) is 0 Å². The van der Waals surface area contributed by atoms with Crippen LogP contribution in [0.15, 0.2) is 33.5 Å². The lowest BCUT2D eigenvalue weighted by Crippen LogP contribution is -2.13. The number of nitrogens with one attached hydrogen (secondary N) is 1. The van der Waals surface area contributed by atoms with Crippen molar-refractivity contribution >= 4 is 11.8 Å². The minimum atomic E-state index is -1.07. The van der Waals surface area contributed by atoms with Crippen molar-refractivity contribution < 1.29 is 19.4 Å². The van der Waals surface area contributed by atoms with E-state index in [-0.39, 0.29) is 5.75 Å². The SMILES string of the molecule is O=C(O)Nc1cccc(CCCCCc2c(O)c3c(oc2=O)CCCCCC3)c1. The van der Waals surface area contributed by atoms with Crippen molar-refractivity contribution in [2.45, 2.75) is 70.6 Å². The van der Waals surface area contributed by atoms with E-state index in [1.165, 1.54) is 0 Å². The number of benzene rings is 1. The largest absolute Gasteiger partial charge is 0.507 e. The van der Waals surface area contributed by atoms with Gasteiger partial charge in [0.15, 0.2) is 0 Å². The van der Waals surface area contributed by atoms with E-state index in [1.807, 2.05) is 18.2 Å². The minimum Gasteiger partial charge on any atom is -0.507 e. The molecule has 0 atom stereocenters. The molecule has 0 saturated carbocycles. The van der Waals surface area contributed by atoms with Crippen LogP contribution in [0.25, 0.3) is 0 Å². The molecular formula is C23H29NO5. The normalized spacial score (nSPS) is 13.9. The highest BCUT2D eigenvalue weighted by molar-refractivity contribution is 5.82. The molecule has 0 radical (unpaired) electrons. The molecule has 2 aromatic rings. The highest BCUT2D eigenvalue weighted by Gasteiger charge is 2.19. The third kappa shape index (κ3) is 5.86. The van der Waals surface area contributed by atoms with Gasteiger partial charge in [-0.05, 0) is 62.6 Å². The molecule has 6 heteroatoms. The summed E-state index contributed by atoms with van der Waals surface area (Å²) in [5.74, 6) is 0.830. The molecule has 1 heterocycles. The van der Waals surface area contributed by atoms with Crippen molar-refractivity contribution in [2.75, 3.05) is 5.32 Å². The first-order valence-corrected chi connectivity index (χ1v) is 10.5. The Labute approximate surface area is 170 Å². The van der Waals surface area contributed by atoms with Gasteiger partial charge in [-0.1, -0.05) is 31.4 Å². The van der Waals surface area contributed by atoms with Gasteiger partial charge in [-0.15, -0.1) is 0 Å². The highest BCUT2D eigenvalue weighted by atomic mass is 16.4. The first-order chi connectivity index (χ1) is 14.0. The zero-order valence-electron chi connectivity index (χ0n) is 16.7. The zero-order valence-corrected chi connectivity index (χ0v) is 16.7. The molecule has 1 aromatic heterocycles. The second-order valence-electron chi connectivity index (χ2n) is 7.72. The van der Waals surface area contributed by atoms with Crippen molar-refractivity contribution in [3.8, 4) is 5.75 Å². The van der Waals surface area contributed by atoms with E-state index in [2.05, 4.69) is 5.32 Å². The molecule has 6 nitrogen and oxygen atoms in total. The molecule has 1 aromatic carbocycles. The molecule has 1 amide bonds. The Hall–Kier alpha value is -2.76. The van der Waals surface area contributed by atoms with Crippen LogP contribution in [0.4, 0.5) is 10.5 Å². The van der Waals surface area contributed by atoms with Gasteiger partial charge in [-0.25, -0.2) is 9.59 Å². The van der Waals surface area contributed by atoms with E-state index in [0.717, 1.165) is 75.3 Å². The van der Waals surface area contributed by atoms with Crippen molar-refractivity contribution in [3.05, 3.63) is 57.1 Å². The summed E-state index contributed by atoms with van der Waals surface area (Å²) in [6.45, 7) is 0. The lowest BCUT2D eigenvalue weighted by Gasteiger charge is -2.15. The lowest BCUT2D eigenvalue weighted by atomic mass is 9.95. The summed E-state index contributed by atoms with van der Waals surface area (Å²) in [5.41, 5.74) is 2.49. The van der Waals surface area contributed by atoms with Gasteiger partial charge >= 0.3 is 11.7 Å². The van der Waals surface area contributed by atoms with E-state index < -0.39 is 11.7 Å². The number of amides is 1. The number of aryl methyl sites for hydroxylation is 2. The van der Waals surface area contributed by atoms with E-state index in [1.54, 1.807) is 6.07 Å². The fraction of sp³-hybridized carbons (Fsp3) is 0.478. The number of anilines is 1. The summed E-state index contributed by atoms with van der Waals surface area (Å²) in [4.78, 5) is 23.1. The van der Waals surface area contributed by atoms with Gasteiger partial charge < -0.3 is 14.6 Å². The molecule has 0 fully saturated rings. The monoisotopic (exact) mass is 399 g/mol. The molecule has 3 N–H and O–H groups in total. The topological polar surface area (TPSA) is 99.8 Å². The van der Waals surface area contributed by atoms with Gasteiger partial charge in [0.1, 0.15) is 11.5 Å². The maximum Gasteiger partial charge on any atom is 0.409 e. The first kappa shape index (κ1) is 21.0. The van der Waals surface area contributed by atoms with Crippen molar-refractivity contribution in [1.82, 2.24) is 0 Å². The van der Waals surface area contributed by atoms with E-state index in [0.29, 0.717) is 23.4 Å². The number of aromatic hydroxyl groups is 1. The van der Waals surface area contributed by atoms with E-state index in [9.17, 15) is 14.7 Å². The summed E-state index contributed by atoms with van der Waals surface area (Å²) in [5, 5.41) is 21.8. The Bertz CT molecular complexity index is 903. The predicted molar refractivity (Wildman–Crippen MR) is 112 cm³/mol. The van der Waals surface area contributed by atoms with Crippen LogP contribution in [0.5, 0.6) is 5.75 Å². The fourth-order valence-electron chi connectivity index (χ4n) is 4.00. The third-order valence-electron chi connectivity index (χ3n) is 5.52. The smallest absolute Gasteiger partial charge is 0.409 e. The van der Waals surface area contributed by atoms with Gasteiger partial charge in [-0.3, -0.25) is 5.32 Å². The van der Waals surface area contributed by atoms with Crippen LogP contribution < -0.4 is 10.9 Å². The maximum absolute atomic E-state index is 12.3. The van der Waals surface area contributed by atoms with Gasteiger partial charge in [0.25, 0.3) is 0 Å². The highest BCUT2D eigenvalue weighted by Crippen LogP contribution is 2.29. The Balaban J connectivity index is 1.54. The molecule has 0 spiro atoms.